The SMILES string of the molecule is [B][C@@H]1O[C@H](COC)C(OP(C)(O)=S)[C@@H]1OC. The molecule has 0 aliphatic carbocycles. The maximum Gasteiger partial charge on any atom is 0.183 e. The molecule has 1 rings (SSSR count). The zero-order valence-corrected chi connectivity index (χ0v) is 11.2. The van der Waals surface area contributed by atoms with Gasteiger partial charge in [0.2, 0.25) is 0 Å². The molecule has 1 saturated heterocycles. The van der Waals surface area contributed by atoms with Crippen molar-refractivity contribution in [3.05, 3.63) is 0 Å². The van der Waals surface area contributed by atoms with Crippen LogP contribution in [0.15, 0.2) is 0 Å². The van der Waals surface area contributed by atoms with Crippen LogP contribution in [0.5, 0.6) is 0 Å². The highest BCUT2D eigenvalue weighted by molar-refractivity contribution is 8.09. The maximum absolute atomic E-state index is 9.57. The van der Waals surface area contributed by atoms with Gasteiger partial charge in [0.1, 0.15) is 26.2 Å². The molecule has 1 aliphatic heterocycles. The van der Waals surface area contributed by atoms with Crippen LogP contribution in [0.1, 0.15) is 0 Å². The van der Waals surface area contributed by atoms with Gasteiger partial charge in [-0.25, -0.2) is 0 Å². The summed E-state index contributed by atoms with van der Waals surface area (Å²) in [6, 6.07) is -0.600. The number of hydrogen-bond acceptors (Lipinski definition) is 5. The summed E-state index contributed by atoms with van der Waals surface area (Å²) in [4.78, 5) is 9.57. The van der Waals surface area contributed by atoms with Crippen LogP contribution in [0.25, 0.3) is 0 Å². The van der Waals surface area contributed by atoms with E-state index < -0.39 is 24.7 Å². The predicted octanol–water partition coefficient (Wildman–Crippen LogP) is -0.142. The summed E-state index contributed by atoms with van der Waals surface area (Å²) in [6.45, 7) is -1.00. The zero-order valence-electron chi connectivity index (χ0n) is 9.53. The summed E-state index contributed by atoms with van der Waals surface area (Å²) >= 11 is 4.85. The van der Waals surface area contributed by atoms with Crippen molar-refractivity contribution >= 4 is 26.1 Å². The minimum Gasteiger partial charge on any atom is -0.382 e. The Balaban J connectivity index is 2.75. The second-order valence-corrected chi connectivity index (χ2v) is 7.52. The molecule has 2 unspecified atom stereocenters. The van der Waals surface area contributed by atoms with Crippen molar-refractivity contribution in [2.24, 2.45) is 0 Å². The highest BCUT2D eigenvalue weighted by Crippen LogP contribution is 2.43. The van der Waals surface area contributed by atoms with E-state index in [2.05, 4.69) is 0 Å². The van der Waals surface area contributed by atoms with Gasteiger partial charge in [-0.3, -0.25) is 0 Å². The van der Waals surface area contributed by atoms with Gasteiger partial charge in [0.15, 0.2) is 6.49 Å². The summed E-state index contributed by atoms with van der Waals surface area (Å²) in [7, 11) is 8.79. The Bertz CT molecular complexity index is 273. The highest BCUT2D eigenvalue weighted by atomic mass is 32.5. The van der Waals surface area contributed by atoms with Crippen LogP contribution in [0, 0.1) is 0 Å². The van der Waals surface area contributed by atoms with Crippen LogP contribution >= 0.6 is 6.49 Å². The van der Waals surface area contributed by atoms with Crippen LogP contribution in [0.4, 0.5) is 0 Å². The van der Waals surface area contributed by atoms with Crippen molar-refractivity contribution in [1.29, 1.82) is 0 Å². The molecule has 8 heteroatoms. The lowest BCUT2D eigenvalue weighted by molar-refractivity contribution is -0.0129. The third kappa shape index (κ3) is 3.77. The van der Waals surface area contributed by atoms with Crippen molar-refractivity contribution in [2.45, 2.75) is 24.3 Å². The Kier molecular flexibility index (Phi) is 5.39. The Hall–Kier alpha value is 0.515. The molecule has 5 nitrogen and oxygen atoms in total. The van der Waals surface area contributed by atoms with E-state index in [1.165, 1.54) is 13.8 Å². The maximum atomic E-state index is 9.57. The average molecular weight is 266 g/mol. The topological polar surface area (TPSA) is 57.2 Å². The number of hydrogen-bond donors (Lipinski definition) is 1. The van der Waals surface area contributed by atoms with Crippen LogP contribution < -0.4 is 0 Å². The van der Waals surface area contributed by atoms with E-state index in [0.29, 0.717) is 6.61 Å². The molecule has 2 radical (unpaired) electrons. The summed E-state index contributed by atoms with van der Waals surface area (Å²) in [5.74, 6) is 0. The average Bonchev–Trinajstić information content (AvgIpc) is 2.41. The van der Waals surface area contributed by atoms with E-state index >= 15 is 0 Å². The van der Waals surface area contributed by atoms with Crippen molar-refractivity contribution in [2.75, 3.05) is 27.5 Å². The fourth-order valence-electron chi connectivity index (χ4n) is 1.68. The van der Waals surface area contributed by atoms with Crippen LogP contribution in [0.2, 0.25) is 0 Å². The van der Waals surface area contributed by atoms with Gasteiger partial charge < -0.3 is 23.6 Å². The fraction of sp³-hybridized carbons (Fsp3) is 1.00. The molecular weight excluding hydrogens is 250 g/mol. The highest BCUT2D eigenvalue weighted by Gasteiger charge is 2.44. The molecule has 0 bridgehead atoms. The predicted molar refractivity (Wildman–Crippen MR) is 64.4 cm³/mol. The molecule has 1 N–H and O–H groups in total. The number of rotatable bonds is 5. The number of methoxy groups -OCH3 is 2. The van der Waals surface area contributed by atoms with Crippen molar-refractivity contribution < 1.29 is 23.6 Å². The fourth-order valence-corrected chi connectivity index (χ4v) is 2.68. The Morgan fingerprint density at radius 2 is 2.06 bits per heavy atom. The molecule has 1 heterocycles. The lowest BCUT2D eigenvalue weighted by Crippen LogP contribution is -2.37. The summed E-state index contributed by atoms with van der Waals surface area (Å²) in [6.07, 6.45) is -1.32. The van der Waals surface area contributed by atoms with Gasteiger partial charge in [-0.2, -0.15) is 0 Å². The molecule has 0 aromatic rings. The Labute approximate surface area is 102 Å². The quantitative estimate of drug-likeness (QED) is 0.552. The molecule has 0 amide bonds. The van der Waals surface area contributed by atoms with Gasteiger partial charge in [0.05, 0.1) is 6.61 Å². The first-order valence-electron chi connectivity index (χ1n) is 4.80. The van der Waals surface area contributed by atoms with E-state index in [1.807, 2.05) is 0 Å². The monoisotopic (exact) mass is 266 g/mol. The van der Waals surface area contributed by atoms with Gasteiger partial charge in [-0.15, -0.1) is 0 Å². The smallest absolute Gasteiger partial charge is 0.183 e. The van der Waals surface area contributed by atoms with E-state index in [1.54, 1.807) is 7.11 Å². The lowest BCUT2D eigenvalue weighted by atomic mass is 9.93. The number of ether oxygens (including phenoxy) is 3. The zero-order chi connectivity index (χ0) is 12.3. The molecule has 92 valence electrons. The second-order valence-electron chi connectivity index (χ2n) is 3.67. The van der Waals surface area contributed by atoms with E-state index in [9.17, 15) is 4.89 Å². The molecule has 16 heavy (non-hydrogen) atoms. The van der Waals surface area contributed by atoms with E-state index in [-0.39, 0.29) is 6.10 Å². The molecule has 1 fully saturated rings. The minimum absolute atomic E-state index is 0.313. The molecular formula is C8H16BO5PS. The first kappa shape index (κ1) is 14.6. The first-order chi connectivity index (χ1) is 7.39. The molecule has 5 atom stereocenters. The molecule has 0 spiro atoms. The van der Waals surface area contributed by atoms with Crippen molar-refractivity contribution in [3.63, 3.8) is 0 Å². The molecule has 0 saturated carbocycles. The summed E-state index contributed by atoms with van der Waals surface area (Å²) < 4.78 is 21.0. The van der Waals surface area contributed by atoms with E-state index in [0.717, 1.165) is 0 Å². The van der Waals surface area contributed by atoms with Crippen molar-refractivity contribution in [3.8, 4) is 0 Å². The minimum atomic E-state index is -2.79. The van der Waals surface area contributed by atoms with Crippen molar-refractivity contribution in [1.82, 2.24) is 0 Å². The Morgan fingerprint density at radius 1 is 1.44 bits per heavy atom. The van der Waals surface area contributed by atoms with Gasteiger partial charge in [-0.05, 0) is 11.8 Å². The largest absolute Gasteiger partial charge is 0.382 e. The summed E-state index contributed by atoms with van der Waals surface area (Å²) in [5, 5.41) is 0. The standard InChI is InChI=1S/C8H16BO5PS/c1-11-4-5-6(14-15(3,10)16)7(12-2)8(9)13-5/h5-8H,4H2,1-3H3,(H,10,16)/t5-,6?,7+,8-,15?/m1/s1. The van der Waals surface area contributed by atoms with Crippen LogP contribution in [-0.4, -0.2) is 64.5 Å². The van der Waals surface area contributed by atoms with Gasteiger partial charge in [-0.1, -0.05) is 0 Å². The third-order valence-electron chi connectivity index (χ3n) is 2.27. The van der Waals surface area contributed by atoms with Gasteiger partial charge in [0, 0.05) is 26.9 Å². The molecule has 0 aromatic carbocycles. The lowest BCUT2D eigenvalue weighted by Gasteiger charge is -2.25. The van der Waals surface area contributed by atoms with E-state index in [4.69, 9.17) is 38.4 Å². The van der Waals surface area contributed by atoms with Gasteiger partial charge >= 0.3 is 0 Å². The Morgan fingerprint density at radius 3 is 2.50 bits per heavy atom. The normalized spacial score (nSPS) is 38.5. The first-order valence-corrected chi connectivity index (χ1v) is 7.92. The second kappa shape index (κ2) is 5.91. The summed E-state index contributed by atoms with van der Waals surface area (Å²) in [5.41, 5.74) is 0. The van der Waals surface area contributed by atoms with Crippen LogP contribution in [-0.2, 0) is 30.5 Å². The molecule has 0 aromatic heterocycles. The molecule has 1 aliphatic rings. The van der Waals surface area contributed by atoms with Crippen LogP contribution in [0.3, 0.4) is 0 Å². The van der Waals surface area contributed by atoms with Gasteiger partial charge in [0.25, 0.3) is 0 Å². The third-order valence-corrected chi connectivity index (χ3v) is 3.16.